The zero-order valence-corrected chi connectivity index (χ0v) is 13.1. The van der Waals surface area contributed by atoms with E-state index < -0.39 is 0 Å². The number of hydrogen-bond donors (Lipinski definition) is 0. The third kappa shape index (κ3) is 3.98. The zero-order valence-electron chi connectivity index (χ0n) is 11.5. The zero-order chi connectivity index (χ0) is 13.7. The minimum Gasteiger partial charge on any atom is -0.249 e. The highest BCUT2D eigenvalue weighted by atomic mass is 32.2. The second-order valence-corrected chi connectivity index (χ2v) is 7.19. The third-order valence-corrected chi connectivity index (χ3v) is 4.30. The summed E-state index contributed by atoms with van der Waals surface area (Å²) in [6.07, 6.45) is 3.79. The Bertz CT molecular complexity index is 524. The largest absolute Gasteiger partial charge is 0.249 e. The molecule has 0 saturated heterocycles. The molecule has 0 unspecified atom stereocenters. The molecule has 4 heteroatoms. The number of rotatable bonds is 5. The van der Waals surface area contributed by atoms with Gasteiger partial charge in [0.05, 0.1) is 5.03 Å². The maximum atomic E-state index is 4.49. The van der Waals surface area contributed by atoms with Crippen LogP contribution in [-0.4, -0.2) is 21.0 Å². The van der Waals surface area contributed by atoms with Crippen LogP contribution in [-0.2, 0) is 0 Å². The number of thioether (sulfide) groups is 2. The predicted molar refractivity (Wildman–Crippen MR) is 84.9 cm³/mol. The van der Waals surface area contributed by atoms with Gasteiger partial charge in [0.15, 0.2) is 0 Å². The number of pyridine rings is 2. The van der Waals surface area contributed by atoms with E-state index in [9.17, 15) is 0 Å². The van der Waals surface area contributed by atoms with E-state index in [0.29, 0.717) is 5.25 Å². The summed E-state index contributed by atoms with van der Waals surface area (Å²) in [6.45, 7) is 6.50. The highest BCUT2D eigenvalue weighted by Gasteiger charge is 2.09. The molecule has 2 aromatic rings. The summed E-state index contributed by atoms with van der Waals surface area (Å²) in [5.41, 5.74) is 2.30. The fourth-order valence-electron chi connectivity index (χ4n) is 1.70. The van der Waals surface area contributed by atoms with E-state index in [1.807, 2.05) is 18.5 Å². The minimum absolute atomic E-state index is 0.525. The summed E-state index contributed by atoms with van der Waals surface area (Å²) < 4.78 is 0. The Morgan fingerprint density at radius 1 is 1.16 bits per heavy atom. The standard InChI is InChI=1S/C15H18N2S2/c1-4-18-14-8-7-12(10-17-14)13-6-5-9-16-15(13)19-11(2)3/h5-11H,4H2,1-3H3. The molecular formula is C15H18N2S2. The molecule has 0 saturated carbocycles. The molecule has 0 aliphatic carbocycles. The van der Waals surface area contributed by atoms with Crippen LogP contribution in [0.1, 0.15) is 20.8 Å². The molecule has 0 amide bonds. The molecule has 0 spiro atoms. The van der Waals surface area contributed by atoms with Crippen LogP contribution in [0.2, 0.25) is 0 Å². The fraction of sp³-hybridized carbons (Fsp3) is 0.333. The molecule has 100 valence electrons. The Morgan fingerprint density at radius 2 is 2.00 bits per heavy atom. The van der Waals surface area contributed by atoms with Crippen molar-refractivity contribution in [1.29, 1.82) is 0 Å². The number of nitrogens with zero attached hydrogens (tertiary/aromatic N) is 2. The normalized spacial score (nSPS) is 10.9. The van der Waals surface area contributed by atoms with Crippen molar-refractivity contribution in [3.05, 3.63) is 36.7 Å². The van der Waals surface area contributed by atoms with E-state index >= 15 is 0 Å². The van der Waals surface area contributed by atoms with Gasteiger partial charge >= 0.3 is 0 Å². The Balaban J connectivity index is 2.30. The molecule has 0 aliphatic heterocycles. The average Bonchev–Trinajstić information content (AvgIpc) is 2.40. The first-order valence-corrected chi connectivity index (χ1v) is 8.28. The van der Waals surface area contributed by atoms with Crippen molar-refractivity contribution >= 4 is 23.5 Å². The lowest BCUT2D eigenvalue weighted by Crippen LogP contribution is -1.92. The van der Waals surface area contributed by atoms with Gasteiger partial charge in [-0.25, -0.2) is 9.97 Å². The van der Waals surface area contributed by atoms with Crippen molar-refractivity contribution < 1.29 is 0 Å². The molecule has 2 aromatic heterocycles. The summed E-state index contributed by atoms with van der Waals surface area (Å²) in [5.74, 6) is 1.05. The molecule has 19 heavy (non-hydrogen) atoms. The summed E-state index contributed by atoms with van der Waals surface area (Å²) in [4.78, 5) is 8.97. The molecule has 2 nitrogen and oxygen atoms in total. The van der Waals surface area contributed by atoms with E-state index in [0.717, 1.165) is 21.4 Å². The van der Waals surface area contributed by atoms with Crippen LogP contribution < -0.4 is 0 Å². The van der Waals surface area contributed by atoms with Crippen molar-refractivity contribution in [2.24, 2.45) is 0 Å². The van der Waals surface area contributed by atoms with E-state index in [1.54, 1.807) is 23.5 Å². The highest BCUT2D eigenvalue weighted by Crippen LogP contribution is 2.31. The van der Waals surface area contributed by atoms with Gasteiger partial charge in [0.25, 0.3) is 0 Å². The Morgan fingerprint density at radius 3 is 2.63 bits per heavy atom. The molecule has 0 fully saturated rings. The van der Waals surface area contributed by atoms with Gasteiger partial charge in [-0.15, -0.1) is 23.5 Å². The first-order chi connectivity index (χ1) is 9.20. The summed E-state index contributed by atoms with van der Waals surface area (Å²) in [7, 11) is 0. The predicted octanol–water partition coefficient (Wildman–Crippen LogP) is 4.76. The molecule has 0 radical (unpaired) electrons. The lowest BCUT2D eigenvalue weighted by molar-refractivity contribution is 1.07. The van der Waals surface area contributed by atoms with E-state index in [1.165, 1.54) is 5.56 Å². The van der Waals surface area contributed by atoms with Crippen LogP contribution >= 0.6 is 23.5 Å². The van der Waals surface area contributed by atoms with Crippen molar-refractivity contribution in [1.82, 2.24) is 9.97 Å². The maximum Gasteiger partial charge on any atom is 0.104 e. The Hall–Kier alpha value is -1.00. The summed E-state index contributed by atoms with van der Waals surface area (Å²) in [5, 5.41) is 2.68. The minimum atomic E-state index is 0.525. The first kappa shape index (κ1) is 14.4. The van der Waals surface area contributed by atoms with Crippen LogP contribution in [0.4, 0.5) is 0 Å². The quantitative estimate of drug-likeness (QED) is 0.742. The SMILES string of the molecule is CCSc1ccc(-c2cccnc2SC(C)C)cn1. The van der Waals surface area contributed by atoms with E-state index in [4.69, 9.17) is 0 Å². The Labute approximate surface area is 123 Å². The second kappa shape index (κ2) is 6.96. The van der Waals surface area contributed by atoms with Crippen molar-refractivity contribution in [3.63, 3.8) is 0 Å². The van der Waals surface area contributed by atoms with Crippen molar-refractivity contribution in [3.8, 4) is 11.1 Å². The smallest absolute Gasteiger partial charge is 0.104 e. The van der Waals surface area contributed by atoms with Gasteiger partial charge in [0.2, 0.25) is 0 Å². The van der Waals surface area contributed by atoms with Gasteiger partial charge < -0.3 is 0 Å². The first-order valence-electron chi connectivity index (χ1n) is 6.41. The molecular weight excluding hydrogens is 272 g/mol. The van der Waals surface area contributed by atoms with Gasteiger partial charge in [-0.3, -0.25) is 0 Å². The van der Waals surface area contributed by atoms with Gasteiger partial charge in [0.1, 0.15) is 5.03 Å². The van der Waals surface area contributed by atoms with E-state index in [2.05, 4.69) is 48.9 Å². The van der Waals surface area contributed by atoms with Crippen molar-refractivity contribution in [2.75, 3.05) is 5.75 Å². The Kier molecular flexibility index (Phi) is 5.28. The monoisotopic (exact) mass is 290 g/mol. The van der Waals surface area contributed by atoms with Gasteiger partial charge in [-0.05, 0) is 17.9 Å². The van der Waals surface area contributed by atoms with Gasteiger partial charge in [-0.1, -0.05) is 32.9 Å². The maximum absolute atomic E-state index is 4.49. The van der Waals surface area contributed by atoms with E-state index in [-0.39, 0.29) is 0 Å². The van der Waals surface area contributed by atoms with Gasteiger partial charge in [-0.2, -0.15) is 0 Å². The molecule has 2 heterocycles. The lowest BCUT2D eigenvalue weighted by atomic mass is 10.1. The van der Waals surface area contributed by atoms with Crippen molar-refractivity contribution in [2.45, 2.75) is 36.1 Å². The van der Waals surface area contributed by atoms with Crippen LogP contribution in [0.5, 0.6) is 0 Å². The second-order valence-electron chi connectivity index (χ2n) is 4.34. The average molecular weight is 290 g/mol. The highest BCUT2D eigenvalue weighted by molar-refractivity contribution is 8.00. The molecule has 0 N–H and O–H groups in total. The summed E-state index contributed by atoms with van der Waals surface area (Å²) >= 11 is 3.55. The topological polar surface area (TPSA) is 25.8 Å². The van der Waals surface area contributed by atoms with Gasteiger partial charge in [0, 0.05) is 28.8 Å². The molecule has 0 aromatic carbocycles. The third-order valence-electron chi connectivity index (χ3n) is 2.46. The van der Waals surface area contributed by atoms with Crippen LogP contribution in [0.15, 0.2) is 46.7 Å². The number of hydrogen-bond acceptors (Lipinski definition) is 4. The van der Waals surface area contributed by atoms with Crippen LogP contribution in [0.25, 0.3) is 11.1 Å². The molecule has 0 aliphatic rings. The molecule has 2 rings (SSSR count). The van der Waals surface area contributed by atoms with Crippen LogP contribution in [0, 0.1) is 0 Å². The lowest BCUT2D eigenvalue weighted by Gasteiger charge is -2.10. The summed E-state index contributed by atoms with van der Waals surface area (Å²) in [6, 6.07) is 8.31. The fourth-order valence-corrected chi connectivity index (χ4v) is 3.17. The molecule has 0 atom stereocenters. The molecule has 0 bridgehead atoms. The number of aromatic nitrogens is 2. The van der Waals surface area contributed by atoms with Crippen LogP contribution in [0.3, 0.4) is 0 Å².